The van der Waals surface area contributed by atoms with Crippen LogP contribution in [0.5, 0.6) is 0 Å². The number of benzene rings is 1. The zero-order valence-corrected chi connectivity index (χ0v) is 14.5. The Labute approximate surface area is 147 Å². The monoisotopic (exact) mass is 348 g/mol. The fourth-order valence-corrected chi connectivity index (χ4v) is 4.43. The van der Waals surface area contributed by atoms with E-state index in [0.29, 0.717) is 6.04 Å². The molecular weight excluding hydrogens is 328 g/mol. The smallest absolute Gasteiger partial charge is 0.240 e. The van der Waals surface area contributed by atoms with E-state index in [1.165, 1.54) is 16.0 Å². The highest BCUT2D eigenvalue weighted by Gasteiger charge is 2.33. The van der Waals surface area contributed by atoms with Crippen molar-refractivity contribution < 1.29 is 4.79 Å². The van der Waals surface area contributed by atoms with Gasteiger partial charge in [-0.25, -0.2) is 0 Å². The Morgan fingerprint density at radius 3 is 2.83 bits per heavy atom. The van der Waals surface area contributed by atoms with Crippen molar-refractivity contribution in [2.75, 3.05) is 6.54 Å². The van der Waals surface area contributed by atoms with E-state index in [9.17, 15) is 4.79 Å². The normalized spacial score (nSPS) is 23.2. The minimum Gasteiger partial charge on any atom is -0.337 e. The Kier molecular flexibility index (Phi) is 5.05. The quantitative estimate of drug-likeness (QED) is 0.900. The molecule has 122 valence electrons. The van der Waals surface area contributed by atoms with Gasteiger partial charge < -0.3 is 4.90 Å². The second-order valence-electron chi connectivity index (χ2n) is 6.14. The highest BCUT2D eigenvalue weighted by atomic mass is 35.5. The van der Waals surface area contributed by atoms with Gasteiger partial charge in [0.25, 0.3) is 0 Å². The highest BCUT2D eigenvalue weighted by molar-refractivity contribution is 7.10. The number of rotatable bonds is 2. The lowest BCUT2D eigenvalue weighted by Crippen LogP contribution is -2.45. The molecule has 0 aliphatic carbocycles. The molecule has 2 aliphatic heterocycles. The zero-order valence-electron chi connectivity index (χ0n) is 12.9. The van der Waals surface area contributed by atoms with Crippen LogP contribution in [-0.2, 0) is 17.8 Å². The predicted octanol–water partition coefficient (Wildman–Crippen LogP) is 3.55. The van der Waals surface area contributed by atoms with E-state index in [4.69, 9.17) is 0 Å². The Bertz CT molecular complexity index is 673. The van der Waals surface area contributed by atoms with Gasteiger partial charge in [-0.2, -0.15) is 0 Å². The molecule has 3 nitrogen and oxygen atoms in total. The van der Waals surface area contributed by atoms with Crippen LogP contribution in [0.2, 0.25) is 0 Å². The van der Waals surface area contributed by atoms with Crippen LogP contribution in [0.1, 0.15) is 34.9 Å². The van der Waals surface area contributed by atoms with Crippen molar-refractivity contribution in [1.29, 1.82) is 0 Å². The summed E-state index contributed by atoms with van der Waals surface area (Å²) in [6.45, 7) is 1.65. The van der Waals surface area contributed by atoms with Crippen molar-refractivity contribution in [2.24, 2.45) is 0 Å². The Morgan fingerprint density at radius 2 is 2.00 bits per heavy atom. The molecule has 0 radical (unpaired) electrons. The second kappa shape index (κ2) is 7.04. The predicted molar refractivity (Wildman–Crippen MR) is 96.0 cm³/mol. The molecule has 0 unspecified atom stereocenters. The first-order chi connectivity index (χ1) is 10.8. The van der Waals surface area contributed by atoms with E-state index in [-0.39, 0.29) is 24.4 Å². The number of halogens is 1. The topological polar surface area (TPSA) is 32.3 Å². The number of amides is 1. The first kappa shape index (κ1) is 16.5. The van der Waals surface area contributed by atoms with Crippen LogP contribution in [-0.4, -0.2) is 23.4 Å². The average Bonchev–Trinajstić information content (AvgIpc) is 3.23. The van der Waals surface area contributed by atoms with E-state index < -0.39 is 0 Å². The van der Waals surface area contributed by atoms with Gasteiger partial charge in [0.05, 0.1) is 6.04 Å². The third kappa shape index (κ3) is 3.30. The minimum atomic E-state index is -0.0228. The van der Waals surface area contributed by atoms with Crippen molar-refractivity contribution in [2.45, 2.75) is 37.9 Å². The molecule has 2 aliphatic rings. The third-order valence-electron chi connectivity index (χ3n) is 4.77. The van der Waals surface area contributed by atoms with Gasteiger partial charge >= 0.3 is 0 Å². The molecule has 1 amide bonds. The van der Waals surface area contributed by atoms with Crippen LogP contribution >= 0.6 is 23.7 Å². The van der Waals surface area contributed by atoms with Gasteiger partial charge in [0.1, 0.15) is 0 Å². The van der Waals surface area contributed by atoms with Gasteiger partial charge in [-0.3, -0.25) is 10.1 Å². The number of fused-ring (bicyclic) bond motifs is 1. The van der Waals surface area contributed by atoms with Crippen LogP contribution in [0.3, 0.4) is 0 Å². The van der Waals surface area contributed by atoms with Crippen LogP contribution in [0.4, 0.5) is 0 Å². The number of nitrogens with one attached hydrogen (secondary N) is 1. The van der Waals surface area contributed by atoms with Gasteiger partial charge in [-0.1, -0.05) is 30.3 Å². The molecule has 1 aromatic heterocycles. The van der Waals surface area contributed by atoms with Gasteiger partial charge in [0.2, 0.25) is 5.91 Å². The molecule has 1 fully saturated rings. The largest absolute Gasteiger partial charge is 0.337 e. The lowest BCUT2D eigenvalue weighted by atomic mass is 10.1. The summed E-state index contributed by atoms with van der Waals surface area (Å²) in [5.74, 6) is 0.273. The molecule has 2 aromatic rings. The maximum Gasteiger partial charge on any atom is 0.240 e. The van der Waals surface area contributed by atoms with Crippen molar-refractivity contribution >= 4 is 29.7 Å². The molecule has 4 rings (SSSR count). The van der Waals surface area contributed by atoms with Gasteiger partial charge in [0.15, 0.2) is 0 Å². The summed E-state index contributed by atoms with van der Waals surface area (Å²) in [4.78, 5) is 16.3. The van der Waals surface area contributed by atoms with E-state index >= 15 is 0 Å². The fraction of sp³-hybridized carbons (Fsp3) is 0.389. The molecule has 0 saturated carbocycles. The molecule has 1 N–H and O–H groups in total. The van der Waals surface area contributed by atoms with E-state index in [1.807, 2.05) is 22.3 Å². The lowest BCUT2D eigenvalue weighted by Gasteiger charge is -2.29. The van der Waals surface area contributed by atoms with Crippen molar-refractivity contribution in [3.05, 3.63) is 57.8 Å². The lowest BCUT2D eigenvalue weighted by molar-refractivity contribution is -0.134. The molecule has 0 bridgehead atoms. The number of carbonyl (C=O) groups is 1. The number of hydrogen-bond donors (Lipinski definition) is 1. The molecule has 2 atom stereocenters. The van der Waals surface area contributed by atoms with E-state index in [0.717, 1.165) is 32.4 Å². The van der Waals surface area contributed by atoms with Crippen LogP contribution in [0.25, 0.3) is 0 Å². The van der Waals surface area contributed by atoms with Gasteiger partial charge in [-0.15, -0.1) is 23.7 Å². The Hall–Kier alpha value is -1.36. The van der Waals surface area contributed by atoms with Crippen LogP contribution in [0, 0.1) is 0 Å². The van der Waals surface area contributed by atoms with Gasteiger partial charge in [-0.05, 0) is 41.8 Å². The summed E-state index contributed by atoms with van der Waals surface area (Å²) in [6, 6.07) is 12.9. The second-order valence-corrected chi connectivity index (χ2v) is 7.14. The first-order valence-electron chi connectivity index (χ1n) is 7.96. The molecule has 3 heterocycles. The average molecular weight is 349 g/mol. The fourth-order valence-electron chi connectivity index (χ4n) is 3.54. The van der Waals surface area contributed by atoms with Crippen molar-refractivity contribution in [3.63, 3.8) is 0 Å². The summed E-state index contributed by atoms with van der Waals surface area (Å²) >= 11 is 1.82. The Balaban J connectivity index is 0.00000156. The minimum absolute atomic E-state index is 0. The molecule has 1 saturated heterocycles. The molecule has 0 spiro atoms. The zero-order chi connectivity index (χ0) is 14.9. The molecular formula is C18H21ClN2OS. The SMILES string of the molecule is Cl.O=C([C@H]1CC[C@H](c2ccccc2)N1)N1CCc2sccc2C1. The maximum atomic E-state index is 12.8. The van der Waals surface area contributed by atoms with E-state index in [1.54, 1.807) is 0 Å². The molecule has 23 heavy (non-hydrogen) atoms. The summed E-state index contributed by atoms with van der Waals surface area (Å²) < 4.78 is 0. The van der Waals surface area contributed by atoms with Crippen LogP contribution in [0.15, 0.2) is 41.8 Å². The van der Waals surface area contributed by atoms with Crippen molar-refractivity contribution in [1.82, 2.24) is 10.2 Å². The number of nitrogens with zero attached hydrogens (tertiary/aromatic N) is 1. The standard InChI is InChI=1S/C18H20N2OS.ClH/c21-18(20-10-8-17-14(12-20)9-11-22-17)16-7-6-15(19-16)13-4-2-1-3-5-13;/h1-5,9,11,15-16,19H,6-8,10,12H2;1H/t15-,16-;/m1./s1. The highest BCUT2D eigenvalue weighted by Crippen LogP contribution is 2.29. The number of hydrogen-bond acceptors (Lipinski definition) is 3. The summed E-state index contributed by atoms with van der Waals surface area (Å²) in [5, 5.41) is 5.67. The van der Waals surface area contributed by atoms with Crippen molar-refractivity contribution in [3.8, 4) is 0 Å². The maximum absolute atomic E-state index is 12.8. The Morgan fingerprint density at radius 1 is 1.17 bits per heavy atom. The number of carbonyl (C=O) groups excluding carboxylic acids is 1. The van der Waals surface area contributed by atoms with E-state index in [2.05, 4.69) is 41.0 Å². The van der Waals surface area contributed by atoms with Crippen LogP contribution < -0.4 is 5.32 Å². The summed E-state index contributed by atoms with van der Waals surface area (Å²) in [6.07, 6.45) is 2.98. The first-order valence-corrected chi connectivity index (χ1v) is 8.84. The summed E-state index contributed by atoms with van der Waals surface area (Å²) in [5.41, 5.74) is 2.62. The molecule has 5 heteroatoms. The van der Waals surface area contributed by atoms with Gasteiger partial charge in [0, 0.05) is 24.0 Å². The summed E-state index contributed by atoms with van der Waals surface area (Å²) in [7, 11) is 0. The molecule has 1 aromatic carbocycles. The number of thiophene rings is 1. The third-order valence-corrected chi connectivity index (χ3v) is 5.79.